The van der Waals surface area contributed by atoms with Gasteiger partial charge in [-0.3, -0.25) is 9.59 Å². The van der Waals surface area contributed by atoms with Crippen LogP contribution in [0.3, 0.4) is 0 Å². The summed E-state index contributed by atoms with van der Waals surface area (Å²) in [6, 6.07) is 30.4. The van der Waals surface area contributed by atoms with Crippen LogP contribution in [0.15, 0.2) is 109 Å². The standard InChI is InChI=1S/C54H62F2N6O2/c1-35(2)45(29-49(63)59-33-53(25-5-6-26-53)41-17-21-43(55)22-18-41)51-57-31-47(61-51)39-13-9-37(10-14-39)38-11-15-40(16-12-38)48-32-58-52(62-48)46(36(3)4)30-50(64)60-34-54(27-7-8-28-54)42-19-23-44(56)24-20-42/h9-24,31-32,35-36,45-46H,5-8,25-30,33-34H2,1-4H3,(H,57,61)(H,58,62)(H,59,63)(H,60,64)/t45-,46-/m0/s1. The second kappa shape index (κ2) is 19.5. The maximum absolute atomic E-state index is 13.7. The SMILES string of the molecule is CC(C)[C@H](CC(=O)NCC1(c2ccc(F)cc2)CCCC1)c1ncc(-c2ccc(-c3ccc(-c4cnc([C@@H](CC(=O)NCC5(c6ccc(F)cc6)CCCC5)C(C)C)[nH]4)cc3)cc2)[nH]1. The maximum Gasteiger partial charge on any atom is 0.220 e. The first-order valence-electron chi connectivity index (χ1n) is 23.3. The molecule has 2 heterocycles. The summed E-state index contributed by atoms with van der Waals surface area (Å²) in [5.41, 5.74) is 7.89. The number of aromatic nitrogens is 4. The summed E-state index contributed by atoms with van der Waals surface area (Å²) in [6.07, 6.45) is 12.7. The van der Waals surface area contributed by atoms with Gasteiger partial charge in [0.05, 0.1) is 23.8 Å². The van der Waals surface area contributed by atoms with E-state index in [0.717, 1.165) is 108 Å². The summed E-state index contributed by atoms with van der Waals surface area (Å²) in [5.74, 6) is 1.35. The van der Waals surface area contributed by atoms with E-state index in [1.165, 1.54) is 24.3 Å². The average Bonchev–Trinajstić information content (AvgIpc) is 4.16. The first-order valence-corrected chi connectivity index (χ1v) is 23.3. The summed E-state index contributed by atoms with van der Waals surface area (Å²) < 4.78 is 27.4. The minimum atomic E-state index is -0.243. The number of hydrogen-bond acceptors (Lipinski definition) is 4. The highest BCUT2D eigenvalue weighted by molar-refractivity contribution is 5.78. The van der Waals surface area contributed by atoms with E-state index < -0.39 is 0 Å². The van der Waals surface area contributed by atoms with Gasteiger partial charge in [0, 0.05) is 48.6 Å². The van der Waals surface area contributed by atoms with E-state index in [-0.39, 0.29) is 58.0 Å². The Balaban J connectivity index is 0.866. The maximum atomic E-state index is 13.7. The monoisotopic (exact) mass is 864 g/mol. The van der Waals surface area contributed by atoms with Crippen molar-refractivity contribution in [3.05, 3.63) is 144 Å². The summed E-state index contributed by atoms with van der Waals surface area (Å²) in [5, 5.41) is 6.48. The Hall–Kier alpha value is -5.90. The minimum absolute atomic E-state index is 0.00127. The summed E-state index contributed by atoms with van der Waals surface area (Å²) in [4.78, 5) is 43.4. The Bertz CT molecular complexity index is 2300. The van der Waals surface area contributed by atoms with Gasteiger partial charge >= 0.3 is 0 Å². The van der Waals surface area contributed by atoms with Crippen molar-refractivity contribution in [2.75, 3.05) is 13.1 Å². The largest absolute Gasteiger partial charge is 0.355 e. The lowest BCUT2D eigenvalue weighted by atomic mass is 9.78. The van der Waals surface area contributed by atoms with E-state index in [1.807, 2.05) is 36.7 Å². The van der Waals surface area contributed by atoms with Gasteiger partial charge in [-0.05, 0) is 95.2 Å². The van der Waals surface area contributed by atoms with Crippen molar-refractivity contribution in [3.8, 4) is 33.6 Å². The Morgan fingerprint density at radius 2 is 0.859 bits per heavy atom. The number of H-pyrrole nitrogens is 2. The van der Waals surface area contributed by atoms with Crippen LogP contribution in [0.25, 0.3) is 33.6 Å². The highest BCUT2D eigenvalue weighted by atomic mass is 19.1. The fourth-order valence-corrected chi connectivity index (χ4v) is 10.2. The van der Waals surface area contributed by atoms with Gasteiger partial charge in [-0.1, -0.05) is 126 Å². The zero-order chi connectivity index (χ0) is 44.8. The molecule has 10 heteroatoms. The number of carbonyl (C=O) groups excluding carboxylic acids is 2. The normalized spacial score (nSPS) is 16.6. The Morgan fingerprint density at radius 3 is 1.19 bits per heavy atom. The number of imidazole rings is 2. The zero-order valence-electron chi connectivity index (χ0n) is 37.7. The Kier molecular flexibility index (Phi) is 13.6. The molecule has 2 aliphatic rings. The lowest BCUT2D eigenvalue weighted by Crippen LogP contribution is -2.39. The van der Waals surface area contributed by atoms with Crippen LogP contribution in [0.2, 0.25) is 0 Å². The molecule has 0 spiro atoms. The van der Waals surface area contributed by atoms with Gasteiger partial charge in [0.25, 0.3) is 0 Å². The Morgan fingerprint density at radius 1 is 0.531 bits per heavy atom. The van der Waals surface area contributed by atoms with Crippen LogP contribution in [0, 0.1) is 23.5 Å². The van der Waals surface area contributed by atoms with E-state index in [9.17, 15) is 18.4 Å². The van der Waals surface area contributed by atoms with E-state index in [1.54, 1.807) is 0 Å². The third-order valence-electron chi connectivity index (χ3n) is 14.3. The van der Waals surface area contributed by atoms with Crippen LogP contribution < -0.4 is 10.6 Å². The van der Waals surface area contributed by atoms with Gasteiger partial charge in [-0.15, -0.1) is 0 Å². The fourth-order valence-electron chi connectivity index (χ4n) is 10.2. The summed E-state index contributed by atoms with van der Waals surface area (Å²) in [7, 11) is 0. The van der Waals surface area contributed by atoms with Gasteiger partial charge < -0.3 is 20.6 Å². The molecule has 4 N–H and O–H groups in total. The lowest BCUT2D eigenvalue weighted by Gasteiger charge is -2.30. The molecule has 0 radical (unpaired) electrons. The van der Waals surface area contributed by atoms with Crippen LogP contribution in [-0.2, 0) is 20.4 Å². The molecule has 8 nitrogen and oxygen atoms in total. The number of carbonyl (C=O) groups is 2. The number of nitrogens with one attached hydrogen (secondary N) is 4. The van der Waals surface area contributed by atoms with Crippen LogP contribution in [-0.4, -0.2) is 44.8 Å². The topological polar surface area (TPSA) is 116 Å². The highest BCUT2D eigenvalue weighted by Gasteiger charge is 2.38. The van der Waals surface area contributed by atoms with E-state index in [2.05, 4.69) is 96.8 Å². The van der Waals surface area contributed by atoms with Crippen LogP contribution >= 0.6 is 0 Å². The van der Waals surface area contributed by atoms with E-state index in [0.29, 0.717) is 25.9 Å². The second-order valence-corrected chi connectivity index (χ2v) is 19.2. The third kappa shape index (κ3) is 10.1. The first-order chi connectivity index (χ1) is 30.9. The average molecular weight is 865 g/mol. The van der Waals surface area contributed by atoms with Crippen molar-refractivity contribution in [3.63, 3.8) is 0 Å². The molecule has 0 saturated heterocycles. The van der Waals surface area contributed by atoms with Gasteiger partial charge in [0.2, 0.25) is 11.8 Å². The molecule has 2 atom stereocenters. The van der Waals surface area contributed by atoms with Crippen molar-refractivity contribution in [2.24, 2.45) is 11.8 Å². The van der Waals surface area contributed by atoms with Crippen LogP contribution in [0.4, 0.5) is 8.78 Å². The molecule has 2 saturated carbocycles. The third-order valence-corrected chi connectivity index (χ3v) is 14.3. The number of benzene rings is 4. The molecule has 2 aliphatic carbocycles. The molecule has 64 heavy (non-hydrogen) atoms. The van der Waals surface area contributed by atoms with E-state index >= 15 is 0 Å². The molecule has 6 aromatic rings. The molecular formula is C54H62F2N6O2. The van der Waals surface area contributed by atoms with Crippen LogP contribution in [0.1, 0.15) is 127 Å². The van der Waals surface area contributed by atoms with E-state index in [4.69, 9.17) is 9.97 Å². The van der Waals surface area contributed by atoms with Gasteiger partial charge in [0.15, 0.2) is 0 Å². The summed E-state index contributed by atoms with van der Waals surface area (Å²) in [6.45, 7) is 9.59. The molecule has 2 amide bonds. The fraction of sp³-hybridized carbons (Fsp3) is 0.407. The van der Waals surface area contributed by atoms with Gasteiger partial charge in [-0.25, -0.2) is 18.7 Å². The highest BCUT2D eigenvalue weighted by Crippen LogP contribution is 2.42. The second-order valence-electron chi connectivity index (χ2n) is 19.2. The van der Waals surface area contributed by atoms with Crippen molar-refractivity contribution in [1.29, 1.82) is 0 Å². The first kappa shape index (κ1) is 44.7. The predicted molar refractivity (Wildman–Crippen MR) is 251 cm³/mol. The minimum Gasteiger partial charge on any atom is -0.355 e. The number of aromatic amines is 2. The molecule has 334 valence electrons. The lowest BCUT2D eigenvalue weighted by molar-refractivity contribution is -0.122. The molecule has 4 aromatic carbocycles. The number of halogens is 2. The van der Waals surface area contributed by atoms with Crippen molar-refractivity contribution < 1.29 is 18.4 Å². The van der Waals surface area contributed by atoms with Crippen LogP contribution in [0.5, 0.6) is 0 Å². The molecular weight excluding hydrogens is 803 g/mol. The number of nitrogens with zero attached hydrogens (tertiary/aromatic N) is 2. The summed E-state index contributed by atoms with van der Waals surface area (Å²) >= 11 is 0. The van der Waals surface area contributed by atoms with Gasteiger partial charge in [0.1, 0.15) is 23.3 Å². The number of rotatable bonds is 17. The number of amides is 2. The molecule has 8 rings (SSSR count). The van der Waals surface area contributed by atoms with Crippen molar-refractivity contribution in [2.45, 2.75) is 115 Å². The molecule has 0 aliphatic heterocycles. The van der Waals surface area contributed by atoms with Crippen molar-refractivity contribution >= 4 is 11.8 Å². The number of hydrogen-bond donors (Lipinski definition) is 4. The molecule has 2 aromatic heterocycles. The van der Waals surface area contributed by atoms with Gasteiger partial charge in [-0.2, -0.15) is 0 Å². The molecule has 2 fully saturated rings. The predicted octanol–water partition coefficient (Wildman–Crippen LogP) is 11.9. The smallest absolute Gasteiger partial charge is 0.220 e. The Labute approximate surface area is 376 Å². The zero-order valence-corrected chi connectivity index (χ0v) is 37.7. The quantitative estimate of drug-likeness (QED) is 0.0731. The molecule has 0 unspecified atom stereocenters. The van der Waals surface area contributed by atoms with Crippen molar-refractivity contribution in [1.82, 2.24) is 30.6 Å². The molecule has 0 bridgehead atoms.